The highest BCUT2D eigenvalue weighted by Gasteiger charge is 2.51. The quantitative estimate of drug-likeness (QED) is 0.892. The van der Waals surface area contributed by atoms with Gasteiger partial charge in [-0.15, -0.1) is 0 Å². The molecule has 2 nitrogen and oxygen atoms in total. The number of hydrogen-bond donors (Lipinski definition) is 1. The lowest BCUT2D eigenvalue weighted by molar-refractivity contribution is -0.0130. The van der Waals surface area contributed by atoms with Crippen molar-refractivity contribution in [1.29, 1.82) is 5.26 Å². The van der Waals surface area contributed by atoms with Crippen LogP contribution in [0.2, 0.25) is 0 Å². The van der Waals surface area contributed by atoms with Gasteiger partial charge in [-0.1, -0.05) is 79.6 Å². The maximum Gasteiger partial charge on any atom is 0.127 e. The predicted molar refractivity (Wildman–Crippen MR) is 92.3 cm³/mol. The monoisotopic (exact) mass is 303 g/mol. The van der Waals surface area contributed by atoms with Crippen molar-refractivity contribution in [3.05, 3.63) is 77.9 Å². The SMILES string of the molecule is N#CC1(C(O)(/C=C/c2ccccc2)c2ccccc2)CCCC1. The summed E-state index contributed by atoms with van der Waals surface area (Å²) in [6, 6.07) is 21.9. The van der Waals surface area contributed by atoms with Gasteiger partial charge in [0.25, 0.3) is 0 Å². The molecule has 1 atom stereocenters. The highest BCUT2D eigenvalue weighted by molar-refractivity contribution is 5.53. The molecule has 0 spiro atoms. The Balaban J connectivity index is 2.08. The van der Waals surface area contributed by atoms with Gasteiger partial charge >= 0.3 is 0 Å². The summed E-state index contributed by atoms with van der Waals surface area (Å²) in [4.78, 5) is 0. The second-order valence-electron chi connectivity index (χ2n) is 6.28. The van der Waals surface area contributed by atoms with Crippen molar-refractivity contribution in [3.63, 3.8) is 0 Å². The average molecular weight is 303 g/mol. The van der Waals surface area contributed by atoms with E-state index >= 15 is 0 Å². The van der Waals surface area contributed by atoms with Crippen molar-refractivity contribution < 1.29 is 5.11 Å². The van der Waals surface area contributed by atoms with Crippen molar-refractivity contribution in [2.24, 2.45) is 5.41 Å². The Labute approximate surface area is 137 Å². The summed E-state index contributed by atoms with van der Waals surface area (Å²) in [6.07, 6.45) is 7.17. The molecule has 0 aliphatic heterocycles. The molecule has 2 heteroatoms. The van der Waals surface area contributed by atoms with Crippen molar-refractivity contribution in [2.75, 3.05) is 0 Å². The number of aliphatic hydroxyl groups is 1. The normalized spacial score (nSPS) is 19.3. The molecule has 0 bridgehead atoms. The lowest BCUT2D eigenvalue weighted by Crippen LogP contribution is -2.41. The van der Waals surface area contributed by atoms with E-state index in [9.17, 15) is 10.4 Å². The van der Waals surface area contributed by atoms with Gasteiger partial charge in [-0.05, 0) is 30.0 Å². The molecular weight excluding hydrogens is 282 g/mol. The molecule has 0 heterocycles. The van der Waals surface area contributed by atoms with Crippen LogP contribution in [-0.2, 0) is 5.60 Å². The summed E-state index contributed by atoms with van der Waals surface area (Å²) in [7, 11) is 0. The fourth-order valence-corrected chi connectivity index (χ4v) is 3.56. The molecule has 1 aliphatic rings. The topological polar surface area (TPSA) is 44.0 Å². The van der Waals surface area contributed by atoms with Crippen LogP contribution in [0.4, 0.5) is 0 Å². The summed E-state index contributed by atoms with van der Waals surface area (Å²) in [5, 5.41) is 21.5. The first-order chi connectivity index (χ1) is 11.2. The average Bonchev–Trinajstić information content (AvgIpc) is 3.12. The van der Waals surface area contributed by atoms with E-state index in [1.165, 1.54) is 0 Å². The van der Waals surface area contributed by atoms with Crippen LogP contribution in [0.25, 0.3) is 6.08 Å². The third kappa shape index (κ3) is 2.81. The Morgan fingerprint density at radius 3 is 2.09 bits per heavy atom. The van der Waals surface area contributed by atoms with Crippen LogP contribution in [0.1, 0.15) is 36.8 Å². The molecule has 1 saturated carbocycles. The maximum absolute atomic E-state index is 11.6. The molecule has 0 amide bonds. The minimum absolute atomic E-state index is 0.730. The van der Waals surface area contributed by atoms with Gasteiger partial charge in [-0.3, -0.25) is 0 Å². The number of nitriles is 1. The van der Waals surface area contributed by atoms with E-state index in [4.69, 9.17) is 0 Å². The van der Waals surface area contributed by atoms with Crippen LogP contribution in [0, 0.1) is 16.7 Å². The van der Waals surface area contributed by atoms with Gasteiger partial charge in [0.05, 0.1) is 11.5 Å². The van der Waals surface area contributed by atoms with E-state index in [1.54, 1.807) is 0 Å². The van der Waals surface area contributed by atoms with Gasteiger partial charge in [0, 0.05) is 0 Å². The molecule has 0 aromatic heterocycles. The molecule has 0 radical (unpaired) electrons. The van der Waals surface area contributed by atoms with E-state index in [1.807, 2.05) is 72.8 Å². The second kappa shape index (κ2) is 6.40. The van der Waals surface area contributed by atoms with Gasteiger partial charge in [0.1, 0.15) is 5.60 Å². The van der Waals surface area contributed by atoms with Crippen LogP contribution >= 0.6 is 0 Å². The van der Waals surface area contributed by atoms with Gasteiger partial charge < -0.3 is 5.11 Å². The van der Waals surface area contributed by atoms with Crippen LogP contribution in [0.5, 0.6) is 0 Å². The van der Waals surface area contributed by atoms with E-state index in [0.717, 1.165) is 36.8 Å². The first-order valence-electron chi connectivity index (χ1n) is 8.14. The third-order valence-corrected chi connectivity index (χ3v) is 4.93. The lowest BCUT2D eigenvalue weighted by Gasteiger charge is -2.38. The zero-order chi connectivity index (χ0) is 16.2. The summed E-state index contributed by atoms with van der Waals surface area (Å²) in [6.45, 7) is 0. The minimum atomic E-state index is -1.27. The molecule has 2 aromatic carbocycles. The molecule has 1 aliphatic carbocycles. The Kier molecular flexibility index (Phi) is 4.32. The molecule has 23 heavy (non-hydrogen) atoms. The third-order valence-electron chi connectivity index (χ3n) is 4.93. The Morgan fingerprint density at radius 2 is 1.52 bits per heavy atom. The van der Waals surface area contributed by atoms with E-state index < -0.39 is 11.0 Å². The van der Waals surface area contributed by atoms with Crippen LogP contribution in [0.15, 0.2) is 66.7 Å². The fraction of sp³-hybridized carbons (Fsp3) is 0.286. The van der Waals surface area contributed by atoms with Gasteiger partial charge in [0.2, 0.25) is 0 Å². The van der Waals surface area contributed by atoms with Crippen molar-refractivity contribution in [3.8, 4) is 6.07 Å². The summed E-state index contributed by atoms with van der Waals surface area (Å²) >= 11 is 0. The minimum Gasteiger partial charge on any atom is -0.379 e. The molecular formula is C21H21NO. The first-order valence-corrected chi connectivity index (χ1v) is 8.14. The standard InChI is InChI=1S/C21H21NO/c22-17-20(14-7-8-15-20)21(23,19-11-5-2-6-12-19)16-13-18-9-3-1-4-10-18/h1-6,9-13,16,23H,7-8,14-15H2/b16-13+. The number of benzene rings is 2. The maximum atomic E-state index is 11.6. The predicted octanol–water partition coefficient (Wildman–Crippen LogP) is 4.67. The van der Waals surface area contributed by atoms with Crippen molar-refractivity contribution in [1.82, 2.24) is 0 Å². The Hall–Kier alpha value is -2.37. The van der Waals surface area contributed by atoms with Gasteiger partial charge in [-0.2, -0.15) is 5.26 Å². The fourth-order valence-electron chi connectivity index (χ4n) is 3.56. The highest BCUT2D eigenvalue weighted by atomic mass is 16.3. The number of nitrogens with zero attached hydrogens (tertiary/aromatic N) is 1. The van der Waals surface area contributed by atoms with Crippen molar-refractivity contribution in [2.45, 2.75) is 31.3 Å². The van der Waals surface area contributed by atoms with Crippen LogP contribution in [-0.4, -0.2) is 5.11 Å². The van der Waals surface area contributed by atoms with Gasteiger partial charge in [0.15, 0.2) is 0 Å². The van der Waals surface area contributed by atoms with Crippen LogP contribution in [0.3, 0.4) is 0 Å². The van der Waals surface area contributed by atoms with Crippen molar-refractivity contribution >= 4 is 6.08 Å². The van der Waals surface area contributed by atoms with E-state index in [-0.39, 0.29) is 0 Å². The molecule has 1 unspecified atom stereocenters. The molecule has 1 N–H and O–H groups in total. The first kappa shape index (κ1) is 15.5. The molecule has 2 aromatic rings. The van der Waals surface area contributed by atoms with Gasteiger partial charge in [-0.25, -0.2) is 0 Å². The lowest BCUT2D eigenvalue weighted by atomic mass is 9.67. The number of rotatable bonds is 4. The number of hydrogen-bond acceptors (Lipinski definition) is 2. The Bertz CT molecular complexity index is 709. The largest absolute Gasteiger partial charge is 0.379 e. The van der Waals surface area contributed by atoms with Crippen LogP contribution < -0.4 is 0 Å². The second-order valence-corrected chi connectivity index (χ2v) is 6.28. The summed E-state index contributed by atoms with van der Waals surface area (Å²) in [5.74, 6) is 0. The Morgan fingerprint density at radius 1 is 0.957 bits per heavy atom. The molecule has 1 fully saturated rings. The molecule has 0 saturated heterocycles. The zero-order valence-electron chi connectivity index (χ0n) is 13.2. The highest BCUT2D eigenvalue weighted by Crippen LogP contribution is 2.52. The van der Waals surface area contributed by atoms with E-state index in [2.05, 4.69) is 6.07 Å². The molecule has 3 rings (SSSR count). The summed E-state index contributed by atoms with van der Waals surface area (Å²) < 4.78 is 0. The summed E-state index contributed by atoms with van der Waals surface area (Å²) in [5.41, 5.74) is -0.210. The zero-order valence-corrected chi connectivity index (χ0v) is 13.2. The van der Waals surface area contributed by atoms with E-state index in [0.29, 0.717) is 0 Å². The smallest absolute Gasteiger partial charge is 0.127 e. The molecule has 116 valence electrons.